The number of nitrogens with zero attached hydrogens (tertiary/aromatic N) is 3. The van der Waals surface area contributed by atoms with E-state index in [2.05, 4.69) is 6.92 Å². The Hall–Kier alpha value is -1.73. The van der Waals surface area contributed by atoms with Crippen LogP contribution in [0.3, 0.4) is 0 Å². The first-order chi connectivity index (χ1) is 12.5. The van der Waals surface area contributed by atoms with Gasteiger partial charge in [0.05, 0.1) is 5.39 Å². The molecule has 3 heterocycles. The number of thiophene rings is 1. The number of ether oxygens (including phenoxy) is 1. The van der Waals surface area contributed by atoms with Crippen molar-refractivity contribution in [2.75, 3.05) is 26.8 Å². The maximum atomic E-state index is 13.4. The highest BCUT2D eigenvalue weighted by atomic mass is 32.1. The molecule has 1 amide bonds. The summed E-state index contributed by atoms with van der Waals surface area (Å²) < 4.78 is 6.92. The molecule has 26 heavy (non-hydrogen) atoms. The molecule has 6 nitrogen and oxygen atoms in total. The summed E-state index contributed by atoms with van der Waals surface area (Å²) >= 11 is 1.63. The second-order valence-corrected chi connectivity index (χ2v) is 8.63. The van der Waals surface area contributed by atoms with Crippen LogP contribution in [0, 0.1) is 13.8 Å². The minimum absolute atomic E-state index is 0.0265. The summed E-state index contributed by atoms with van der Waals surface area (Å²) in [6.45, 7) is 5.54. The van der Waals surface area contributed by atoms with Crippen LogP contribution in [0.1, 0.15) is 53.9 Å². The van der Waals surface area contributed by atoms with E-state index in [1.807, 2.05) is 16.4 Å². The Morgan fingerprint density at radius 3 is 2.54 bits per heavy atom. The molecule has 1 aliphatic carbocycles. The third kappa shape index (κ3) is 2.97. The van der Waals surface area contributed by atoms with Crippen LogP contribution in [-0.4, -0.2) is 47.2 Å². The molecule has 140 valence electrons. The van der Waals surface area contributed by atoms with Crippen molar-refractivity contribution in [2.24, 2.45) is 0 Å². The summed E-state index contributed by atoms with van der Waals surface area (Å²) in [7, 11) is 1.54. The van der Waals surface area contributed by atoms with Crippen molar-refractivity contribution in [3.8, 4) is 0 Å². The van der Waals surface area contributed by atoms with Crippen LogP contribution >= 0.6 is 11.3 Å². The minimum Gasteiger partial charge on any atom is -0.375 e. The number of piperidine rings is 1. The molecule has 0 unspecified atom stereocenters. The van der Waals surface area contributed by atoms with E-state index < -0.39 is 0 Å². The van der Waals surface area contributed by atoms with Crippen molar-refractivity contribution in [3.05, 3.63) is 26.6 Å². The molecule has 0 spiro atoms. The van der Waals surface area contributed by atoms with Crippen LogP contribution < -0.4 is 5.56 Å². The van der Waals surface area contributed by atoms with E-state index in [1.165, 1.54) is 12.0 Å². The number of methoxy groups -OCH3 is 1. The molecule has 4 rings (SSSR count). The van der Waals surface area contributed by atoms with E-state index in [1.54, 1.807) is 11.3 Å². The lowest BCUT2D eigenvalue weighted by molar-refractivity contribution is -0.136. The van der Waals surface area contributed by atoms with Gasteiger partial charge in [0.1, 0.15) is 17.3 Å². The molecule has 1 aliphatic heterocycles. The number of carbonyl (C=O) groups excluding carboxylic acids is 1. The normalized spacial score (nSPS) is 18.7. The molecular weight excluding hydrogens is 350 g/mol. The number of hydrogen-bond donors (Lipinski definition) is 0. The molecule has 0 radical (unpaired) electrons. The summed E-state index contributed by atoms with van der Waals surface area (Å²) in [5.41, 5.74) is 1.17. The van der Waals surface area contributed by atoms with E-state index in [4.69, 9.17) is 9.72 Å². The van der Waals surface area contributed by atoms with Crippen molar-refractivity contribution >= 4 is 27.5 Å². The van der Waals surface area contributed by atoms with Crippen molar-refractivity contribution in [3.63, 3.8) is 0 Å². The van der Waals surface area contributed by atoms with E-state index in [9.17, 15) is 9.59 Å². The van der Waals surface area contributed by atoms with E-state index in [-0.39, 0.29) is 24.1 Å². The number of carbonyl (C=O) groups is 1. The van der Waals surface area contributed by atoms with Gasteiger partial charge < -0.3 is 9.64 Å². The quantitative estimate of drug-likeness (QED) is 0.824. The van der Waals surface area contributed by atoms with Gasteiger partial charge in [-0.3, -0.25) is 14.2 Å². The highest BCUT2D eigenvalue weighted by Gasteiger charge is 2.34. The molecule has 1 saturated carbocycles. The fourth-order valence-corrected chi connectivity index (χ4v) is 4.92. The average molecular weight is 375 g/mol. The van der Waals surface area contributed by atoms with E-state index in [0.717, 1.165) is 47.3 Å². The predicted octanol–water partition coefficient (Wildman–Crippen LogP) is 2.76. The third-order valence-corrected chi connectivity index (χ3v) is 6.76. The van der Waals surface area contributed by atoms with Crippen LogP contribution in [-0.2, 0) is 9.53 Å². The molecule has 0 N–H and O–H groups in total. The number of aromatic nitrogens is 2. The Morgan fingerprint density at radius 2 is 1.92 bits per heavy atom. The van der Waals surface area contributed by atoms with Gasteiger partial charge in [-0.2, -0.15) is 0 Å². The Labute approximate surface area is 156 Å². The molecule has 7 heteroatoms. The Morgan fingerprint density at radius 1 is 1.23 bits per heavy atom. The average Bonchev–Trinajstić information content (AvgIpc) is 3.42. The number of aryl methyl sites for hydroxylation is 2. The molecule has 0 bridgehead atoms. The Balaban J connectivity index is 1.69. The van der Waals surface area contributed by atoms with Gasteiger partial charge in [-0.1, -0.05) is 0 Å². The second kappa shape index (κ2) is 6.78. The lowest BCUT2D eigenvalue weighted by Gasteiger charge is -2.33. The minimum atomic E-state index is 0.0265. The van der Waals surface area contributed by atoms with Crippen LogP contribution in [0.15, 0.2) is 4.79 Å². The maximum Gasteiger partial charge on any atom is 0.262 e. The van der Waals surface area contributed by atoms with Gasteiger partial charge in [0, 0.05) is 37.0 Å². The van der Waals surface area contributed by atoms with Crippen LogP contribution in [0.5, 0.6) is 0 Å². The topological polar surface area (TPSA) is 64.4 Å². The lowest BCUT2D eigenvalue weighted by Crippen LogP contribution is -2.43. The first kappa shape index (κ1) is 17.7. The first-order valence-electron chi connectivity index (χ1n) is 9.30. The molecular formula is C19H25N3O3S. The maximum absolute atomic E-state index is 13.4. The molecule has 0 aromatic carbocycles. The molecule has 2 fully saturated rings. The largest absolute Gasteiger partial charge is 0.375 e. The summed E-state index contributed by atoms with van der Waals surface area (Å²) in [6, 6.07) is 0.126. The monoisotopic (exact) mass is 375 g/mol. The van der Waals surface area contributed by atoms with Gasteiger partial charge in [-0.05, 0) is 45.1 Å². The number of rotatable bonds is 4. The SMILES string of the molecule is COCC(=O)N1CCC(n2c(C3CC3)nc3sc(C)c(C)c3c2=O)CC1. The predicted molar refractivity (Wildman–Crippen MR) is 102 cm³/mol. The van der Waals surface area contributed by atoms with Crippen molar-refractivity contribution in [2.45, 2.75) is 51.5 Å². The van der Waals surface area contributed by atoms with Gasteiger partial charge in [0.2, 0.25) is 5.91 Å². The number of hydrogen-bond acceptors (Lipinski definition) is 5. The van der Waals surface area contributed by atoms with Crippen molar-refractivity contribution in [1.29, 1.82) is 0 Å². The second-order valence-electron chi connectivity index (χ2n) is 7.43. The molecule has 1 saturated heterocycles. The standard InChI is InChI=1S/C19H25N3O3S/c1-11-12(2)26-18-16(11)19(24)22(17(20-18)13-4-5-13)14-6-8-21(9-7-14)15(23)10-25-3/h13-14H,4-10H2,1-3H3. The van der Waals surface area contributed by atoms with Gasteiger partial charge in [0.25, 0.3) is 5.56 Å². The van der Waals surface area contributed by atoms with Gasteiger partial charge in [-0.15, -0.1) is 11.3 Å². The Bertz CT molecular complexity index is 905. The lowest BCUT2D eigenvalue weighted by atomic mass is 10.0. The van der Waals surface area contributed by atoms with E-state index in [0.29, 0.717) is 19.0 Å². The zero-order valence-electron chi connectivity index (χ0n) is 15.6. The van der Waals surface area contributed by atoms with Gasteiger partial charge >= 0.3 is 0 Å². The smallest absolute Gasteiger partial charge is 0.262 e. The highest BCUT2D eigenvalue weighted by molar-refractivity contribution is 7.18. The molecule has 2 aliphatic rings. The number of likely N-dealkylation sites (tertiary alicyclic amines) is 1. The Kier molecular flexibility index (Phi) is 4.61. The summed E-state index contributed by atoms with van der Waals surface area (Å²) in [4.78, 5) is 34.2. The summed E-state index contributed by atoms with van der Waals surface area (Å²) in [5.74, 6) is 1.41. The fraction of sp³-hybridized carbons (Fsp3) is 0.632. The van der Waals surface area contributed by atoms with Crippen LogP contribution in [0.2, 0.25) is 0 Å². The third-order valence-electron chi connectivity index (χ3n) is 5.65. The highest BCUT2D eigenvalue weighted by Crippen LogP contribution is 2.41. The molecule has 0 atom stereocenters. The summed E-state index contributed by atoms with van der Waals surface area (Å²) in [6.07, 6.45) is 3.83. The summed E-state index contributed by atoms with van der Waals surface area (Å²) in [5, 5.41) is 0.787. The zero-order valence-corrected chi connectivity index (χ0v) is 16.4. The van der Waals surface area contributed by atoms with Crippen molar-refractivity contribution < 1.29 is 9.53 Å². The van der Waals surface area contributed by atoms with Gasteiger partial charge in [-0.25, -0.2) is 4.98 Å². The number of fused-ring (bicyclic) bond motifs is 1. The molecule has 2 aromatic heterocycles. The first-order valence-corrected chi connectivity index (χ1v) is 10.1. The number of amides is 1. The van der Waals surface area contributed by atoms with Crippen LogP contribution in [0.4, 0.5) is 0 Å². The fourth-order valence-electron chi connectivity index (χ4n) is 3.89. The van der Waals surface area contributed by atoms with E-state index >= 15 is 0 Å². The van der Waals surface area contributed by atoms with Gasteiger partial charge in [0.15, 0.2) is 0 Å². The van der Waals surface area contributed by atoms with Crippen molar-refractivity contribution in [1.82, 2.24) is 14.5 Å². The zero-order chi connectivity index (χ0) is 18.4. The van der Waals surface area contributed by atoms with Crippen LogP contribution in [0.25, 0.3) is 10.2 Å². The molecule has 2 aromatic rings.